The zero-order chi connectivity index (χ0) is 57.0. The van der Waals surface area contributed by atoms with Gasteiger partial charge in [-0.2, -0.15) is 0 Å². The van der Waals surface area contributed by atoms with Gasteiger partial charge in [-0.15, -0.1) is 20.3 Å². The third-order valence-electron chi connectivity index (χ3n) is 10.5. The molecule has 4 saturated heterocycles. The van der Waals surface area contributed by atoms with Gasteiger partial charge < -0.3 is 19.4 Å². The Kier molecular flexibility index (Phi) is 21.2. The van der Waals surface area contributed by atoms with Crippen LogP contribution in [0.15, 0.2) is 20.5 Å². The lowest BCUT2D eigenvalue weighted by Crippen LogP contribution is -2.80. The Hall–Kier alpha value is -10.4. The van der Waals surface area contributed by atoms with E-state index in [0.717, 1.165) is 0 Å². The van der Waals surface area contributed by atoms with E-state index in [9.17, 15) is 98.8 Å². The largest absolute Gasteiger partial charge is 0.333 e. The maximum atomic E-state index is 14.2. The van der Waals surface area contributed by atoms with Gasteiger partial charge in [0.25, 0.3) is 53.2 Å². The van der Waals surface area contributed by atoms with Gasteiger partial charge in [-0.05, 0) is 47.8 Å². The van der Waals surface area contributed by atoms with Crippen molar-refractivity contribution in [3.63, 3.8) is 0 Å². The number of imide groups is 4. The third-order valence-corrected chi connectivity index (χ3v) is 10.5. The Balaban J connectivity index is 1.77. The number of nitrogens with zero attached hydrogens (tertiary/aromatic N) is 16. The fourth-order valence-corrected chi connectivity index (χ4v) is 6.71. The Labute approximate surface area is 426 Å². The van der Waals surface area contributed by atoms with Gasteiger partial charge in [-0.25, -0.2) is 19.2 Å². The number of azide groups is 4. The maximum absolute atomic E-state index is 14.2. The van der Waals surface area contributed by atoms with Crippen LogP contribution in [0.2, 0.25) is 0 Å². The van der Waals surface area contributed by atoms with E-state index in [1.54, 1.807) is 0 Å². The van der Waals surface area contributed by atoms with Gasteiger partial charge in [-0.1, -0.05) is 20.5 Å². The Morgan fingerprint density at radius 1 is 0.377 bits per heavy atom. The molecule has 40 nitrogen and oxygen atoms in total. The van der Waals surface area contributed by atoms with Crippen LogP contribution in [-0.2, 0) is 96.1 Å². The van der Waals surface area contributed by atoms with E-state index in [1.807, 2.05) is 21.3 Å². The summed E-state index contributed by atoms with van der Waals surface area (Å²) in [5.74, 6) is -23.4. The zero-order valence-corrected chi connectivity index (χ0v) is 39.4. The van der Waals surface area contributed by atoms with Crippen molar-refractivity contribution in [3.05, 3.63) is 41.8 Å². The van der Waals surface area contributed by atoms with Crippen LogP contribution in [0.5, 0.6) is 0 Å². The molecule has 12 amide bonds. The minimum atomic E-state index is -3.57. The first-order chi connectivity index (χ1) is 36.5. The fraction of sp³-hybridized carbons (Fsp3) is 0.568. The number of hydroxylamine groups is 8. The average molecular weight is 1080 g/mol. The van der Waals surface area contributed by atoms with E-state index in [2.05, 4.69) is 40.1 Å². The molecule has 4 aliphatic heterocycles. The smallest absolute Gasteiger partial charge is 0.330 e. The normalized spacial score (nSPS) is 17.2. The van der Waals surface area contributed by atoms with Crippen LogP contribution in [0.3, 0.4) is 0 Å². The number of amides is 12. The summed E-state index contributed by atoms with van der Waals surface area (Å²) in [6.07, 6.45) is -10.2. The van der Waals surface area contributed by atoms with Crippen LogP contribution in [0.25, 0.3) is 41.8 Å². The van der Waals surface area contributed by atoms with Crippen LogP contribution in [0.4, 0.5) is 0 Å². The molecule has 0 bridgehead atoms. The van der Waals surface area contributed by atoms with Gasteiger partial charge in [0.1, 0.15) is 24.2 Å². The van der Waals surface area contributed by atoms with E-state index in [0.29, 0.717) is 0 Å². The molecule has 4 aliphatic rings. The molecule has 40 heteroatoms. The van der Waals surface area contributed by atoms with Crippen LogP contribution in [0, 0.1) is 0 Å². The van der Waals surface area contributed by atoms with Crippen molar-refractivity contribution in [2.24, 2.45) is 20.5 Å². The highest BCUT2D eigenvalue weighted by Crippen LogP contribution is 2.19. The third kappa shape index (κ3) is 16.8. The molecule has 77 heavy (non-hydrogen) atoms. The molecule has 4 atom stereocenters. The Bertz CT molecular complexity index is 2310. The lowest BCUT2D eigenvalue weighted by molar-refractivity contribution is -0.197. The van der Waals surface area contributed by atoms with Crippen molar-refractivity contribution in [3.8, 4) is 0 Å². The average Bonchev–Trinajstić information content (AvgIpc) is 4.09. The van der Waals surface area contributed by atoms with Crippen molar-refractivity contribution < 1.29 is 96.1 Å². The Morgan fingerprint density at radius 2 is 0.545 bits per heavy atom. The molecule has 4 N–H and O–H groups in total. The van der Waals surface area contributed by atoms with Crippen LogP contribution >= 0.6 is 0 Å². The minimum absolute atomic E-state index is 0.123. The number of carbonyl (C=O) groups is 16. The number of hydrogen-bond donors (Lipinski definition) is 4. The summed E-state index contributed by atoms with van der Waals surface area (Å²) in [5.41, 5.74) is 37.7. The molecule has 0 aromatic carbocycles. The van der Waals surface area contributed by atoms with Gasteiger partial charge >= 0.3 is 23.9 Å². The molecule has 0 spiro atoms. The first kappa shape index (κ1) is 59.1. The molecule has 0 aromatic rings. The topological polar surface area (TPSA) is 566 Å². The molecule has 0 saturated carbocycles. The van der Waals surface area contributed by atoms with Crippen molar-refractivity contribution in [1.82, 2.24) is 41.5 Å². The molecule has 0 unspecified atom stereocenters. The molecule has 408 valence electrons. The minimum Gasteiger partial charge on any atom is -0.330 e. The maximum Gasteiger partial charge on any atom is 0.333 e. The summed E-state index contributed by atoms with van der Waals surface area (Å²) in [4.78, 5) is 233. The molecular formula is C37H40N20O20. The van der Waals surface area contributed by atoms with E-state index in [1.165, 1.54) is 0 Å². The summed E-state index contributed by atoms with van der Waals surface area (Å²) >= 11 is 0. The summed E-state index contributed by atoms with van der Waals surface area (Å²) in [7, 11) is 0. The van der Waals surface area contributed by atoms with Gasteiger partial charge in [0, 0.05) is 96.7 Å². The predicted octanol–water partition coefficient (Wildman–Crippen LogP) is -1.67. The predicted molar refractivity (Wildman–Crippen MR) is 233 cm³/mol. The van der Waals surface area contributed by atoms with Crippen molar-refractivity contribution in [2.45, 2.75) is 133 Å². The van der Waals surface area contributed by atoms with E-state index in [-0.39, 0.29) is 71.6 Å². The first-order valence-electron chi connectivity index (χ1n) is 22.3. The number of carbonyl (C=O) groups excluding carboxylic acids is 16. The second-order valence-electron chi connectivity index (χ2n) is 15.9. The zero-order valence-electron chi connectivity index (χ0n) is 39.4. The van der Waals surface area contributed by atoms with Crippen LogP contribution < -0.4 is 21.3 Å². The van der Waals surface area contributed by atoms with Crippen molar-refractivity contribution in [2.75, 3.05) is 0 Å². The second kappa shape index (κ2) is 27.6. The van der Waals surface area contributed by atoms with Gasteiger partial charge in [0.05, 0.1) is 0 Å². The number of hydrogen-bond acceptors (Lipinski definition) is 24. The monoisotopic (exact) mass is 1080 g/mol. The van der Waals surface area contributed by atoms with E-state index >= 15 is 0 Å². The van der Waals surface area contributed by atoms with E-state index < -0.39 is 176 Å². The highest BCUT2D eigenvalue weighted by atomic mass is 16.7. The van der Waals surface area contributed by atoms with Crippen molar-refractivity contribution >= 4 is 94.8 Å². The molecule has 4 heterocycles. The van der Waals surface area contributed by atoms with Gasteiger partial charge in [-0.3, -0.25) is 78.8 Å². The molecule has 0 aromatic heterocycles. The van der Waals surface area contributed by atoms with Crippen molar-refractivity contribution in [1.29, 1.82) is 0 Å². The van der Waals surface area contributed by atoms with Gasteiger partial charge in [0.2, 0.25) is 23.6 Å². The molecule has 4 rings (SSSR count). The molecular weight excluding hydrogens is 1040 g/mol. The number of rotatable bonds is 28. The van der Waals surface area contributed by atoms with Crippen LogP contribution in [0.1, 0.15) is 103 Å². The molecule has 0 radical (unpaired) electrons. The standard InChI is InChI=1S/C37H40N20O20/c38-50-46-17(1-13-29(66)74-54-21(58)5-6-22(54)59)33(70)42-37(43-34(71)18(47-51-39)2-14-30(67)75-55-23(60)7-8-24(55)61,44-35(72)19(48-52-40)3-15-31(68)76-56-25(62)9-10-26(56)63)45-36(73)20(49-53-41)4-16-32(69)77-57-27(64)11-12-28(57)65/h17-20H,1-16H2,(H,42,70)(H,43,71)(H,44,72)(H,45,73)/t17-,18-,19-,20-/m0/s1. The highest BCUT2D eigenvalue weighted by molar-refractivity contribution is 6.04. The fourth-order valence-electron chi connectivity index (χ4n) is 6.71. The quantitative estimate of drug-likeness (QED) is 0.0224. The lowest BCUT2D eigenvalue weighted by atomic mass is 10.1. The van der Waals surface area contributed by atoms with Crippen LogP contribution in [-0.4, -0.2) is 145 Å². The number of nitrogens with one attached hydrogen (secondary N) is 4. The summed E-state index contributed by atoms with van der Waals surface area (Å²) in [6, 6.07) is -8.89. The molecule has 0 aliphatic carbocycles. The van der Waals surface area contributed by atoms with Gasteiger partial charge in [0.15, 0.2) is 0 Å². The second-order valence-corrected chi connectivity index (χ2v) is 15.9. The Morgan fingerprint density at radius 3 is 0.701 bits per heavy atom. The lowest BCUT2D eigenvalue weighted by Gasteiger charge is -2.38. The summed E-state index contributed by atoms with van der Waals surface area (Å²) < 4.78 is 0. The molecule has 4 fully saturated rings. The van der Waals surface area contributed by atoms with E-state index in [4.69, 9.17) is 19.4 Å². The SMILES string of the molecule is [N-]=[N+]=N[C@@H](CCC(=O)ON1C(=O)CCC1=O)C(=O)NC(NC(=O)[C@H](CCC(=O)ON1C(=O)CCC1=O)N=[N+]=[N-])(NC(=O)[C@H](CCC(=O)ON1C(=O)CCC1=O)N=[N+]=[N-])NC(=O)[C@H](CCC(=O)ON1C(=O)CCC1=O)N=[N+]=[N-]. The summed E-state index contributed by atoms with van der Waals surface area (Å²) in [5, 5.41) is 21.0. The first-order valence-corrected chi connectivity index (χ1v) is 22.3. The summed E-state index contributed by atoms with van der Waals surface area (Å²) in [6.45, 7) is 0. The highest BCUT2D eigenvalue weighted by Gasteiger charge is 2.44.